The first-order valence-corrected chi connectivity index (χ1v) is 6.04. The number of allylic oxidation sites excluding steroid dienone is 1. The molecule has 0 aromatic carbocycles. The van der Waals surface area contributed by atoms with Crippen molar-refractivity contribution >= 4 is 11.8 Å². The van der Waals surface area contributed by atoms with Crippen molar-refractivity contribution < 1.29 is 19.4 Å². The van der Waals surface area contributed by atoms with Crippen LogP contribution < -0.4 is 5.11 Å². The normalized spacial score (nSPS) is 11.9. The molecule has 0 atom stereocenters. The van der Waals surface area contributed by atoms with Crippen LogP contribution in [0.4, 0.5) is 0 Å². The van der Waals surface area contributed by atoms with Gasteiger partial charge >= 0.3 is 5.97 Å². The van der Waals surface area contributed by atoms with Gasteiger partial charge in [0.25, 0.3) is 0 Å². The van der Waals surface area contributed by atoms with Crippen LogP contribution in [0.25, 0.3) is 0 Å². The van der Waals surface area contributed by atoms with Crippen LogP contribution in [0, 0.1) is 0 Å². The van der Waals surface area contributed by atoms with Gasteiger partial charge in [0.05, 0.1) is 12.7 Å². The van der Waals surface area contributed by atoms with Gasteiger partial charge in [0.15, 0.2) is 5.78 Å². The summed E-state index contributed by atoms with van der Waals surface area (Å²) < 4.78 is 4.42. The molecular formula is C13H21O4-. The summed E-state index contributed by atoms with van der Waals surface area (Å²) in [6.07, 6.45) is 5.28. The summed E-state index contributed by atoms with van der Waals surface area (Å²) in [5.41, 5.74) is -0.331. The molecule has 0 aliphatic rings. The molecule has 0 aliphatic heterocycles. The maximum absolute atomic E-state index is 11.7. The van der Waals surface area contributed by atoms with Crippen molar-refractivity contribution in [2.75, 3.05) is 7.11 Å². The Morgan fingerprint density at radius 1 is 1.12 bits per heavy atom. The molecule has 0 aliphatic carbocycles. The van der Waals surface area contributed by atoms with Crippen molar-refractivity contribution in [2.24, 2.45) is 0 Å². The first-order chi connectivity index (χ1) is 8.04. The predicted octanol–water partition coefficient (Wildman–Crippen LogP) is 1.72. The lowest BCUT2D eigenvalue weighted by atomic mass is 10.1. The smallest absolute Gasteiger partial charge is 0.340 e. The van der Waals surface area contributed by atoms with Gasteiger partial charge in [-0.15, -0.1) is 5.76 Å². The van der Waals surface area contributed by atoms with E-state index in [2.05, 4.69) is 11.7 Å². The molecule has 4 heteroatoms. The van der Waals surface area contributed by atoms with Crippen molar-refractivity contribution in [1.29, 1.82) is 0 Å². The number of esters is 1. The summed E-state index contributed by atoms with van der Waals surface area (Å²) in [6, 6.07) is 0. The average Bonchev–Trinajstić information content (AvgIpc) is 2.28. The number of Topliss-reactive ketones (excluding diaryl/α,β-unsaturated/α-hetero) is 1. The van der Waals surface area contributed by atoms with E-state index < -0.39 is 17.5 Å². The van der Waals surface area contributed by atoms with Gasteiger partial charge in [-0.25, -0.2) is 4.79 Å². The highest BCUT2D eigenvalue weighted by molar-refractivity contribution is 6.16. The van der Waals surface area contributed by atoms with Gasteiger partial charge in [0.2, 0.25) is 0 Å². The Hall–Kier alpha value is -1.32. The topological polar surface area (TPSA) is 66.4 Å². The molecule has 0 bridgehead atoms. The van der Waals surface area contributed by atoms with Crippen LogP contribution in [-0.4, -0.2) is 18.9 Å². The van der Waals surface area contributed by atoms with Crippen molar-refractivity contribution in [3.63, 3.8) is 0 Å². The number of hydrogen-bond acceptors (Lipinski definition) is 4. The van der Waals surface area contributed by atoms with Crippen LogP contribution in [-0.2, 0) is 14.3 Å². The molecule has 0 amide bonds. The molecule has 0 N–H and O–H groups in total. The summed E-state index contributed by atoms with van der Waals surface area (Å²) in [6.45, 7) is 3.32. The van der Waals surface area contributed by atoms with Crippen molar-refractivity contribution in [3.8, 4) is 0 Å². The van der Waals surface area contributed by atoms with Crippen LogP contribution >= 0.6 is 0 Å². The van der Waals surface area contributed by atoms with Crippen LogP contribution in [0.2, 0.25) is 0 Å². The summed E-state index contributed by atoms with van der Waals surface area (Å²) >= 11 is 0. The Labute approximate surface area is 103 Å². The molecule has 4 nitrogen and oxygen atoms in total. The maximum atomic E-state index is 11.7. The molecule has 98 valence electrons. The van der Waals surface area contributed by atoms with E-state index >= 15 is 0 Å². The summed E-state index contributed by atoms with van der Waals surface area (Å²) in [5, 5.41) is 11.7. The Morgan fingerprint density at radius 3 is 2.18 bits per heavy atom. The van der Waals surface area contributed by atoms with E-state index in [-0.39, 0.29) is 12.0 Å². The molecule has 0 heterocycles. The molecule has 0 spiro atoms. The van der Waals surface area contributed by atoms with Gasteiger partial charge < -0.3 is 9.84 Å². The number of hydrogen-bond donors (Lipinski definition) is 0. The molecule has 0 fully saturated rings. The molecule has 0 aromatic rings. The van der Waals surface area contributed by atoms with E-state index in [1.54, 1.807) is 0 Å². The molecule has 0 rings (SSSR count). The van der Waals surface area contributed by atoms with E-state index in [1.807, 2.05) is 0 Å². The molecule has 0 radical (unpaired) electrons. The highest BCUT2D eigenvalue weighted by Gasteiger charge is 2.15. The summed E-state index contributed by atoms with van der Waals surface area (Å²) in [7, 11) is 1.17. The second kappa shape index (κ2) is 8.79. The van der Waals surface area contributed by atoms with E-state index in [9.17, 15) is 14.7 Å². The SMILES string of the molecule is CCCCCCCC([O-])=C(C(C)=O)C(=O)OC. The van der Waals surface area contributed by atoms with Gasteiger partial charge in [-0.1, -0.05) is 39.0 Å². The Balaban J connectivity index is 4.32. The fourth-order valence-electron chi connectivity index (χ4n) is 1.57. The number of rotatable bonds is 8. The van der Waals surface area contributed by atoms with Crippen LogP contribution in [0.1, 0.15) is 52.4 Å². The van der Waals surface area contributed by atoms with Crippen LogP contribution in [0.3, 0.4) is 0 Å². The lowest BCUT2D eigenvalue weighted by Crippen LogP contribution is -2.20. The number of ketones is 1. The van der Waals surface area contributed by atoms with Crippen molar-refractivity contribution in [3.05, 3.63) is 11.3 Å². The summed E-state index contributed by atoms with van der Waals surface area (Å²) in [5.74, 6) is -1.74. The quantitative estimate of drug-likeness (QED) is 0.162. The third kappa shape index (κ3) is 6.09. The van der Waals surface area contributed by atoms with Gasteiger partial charge in [-0.05, 0) is 13.3 Å². The van der Waals surface area contributed by atoms with Gasteiger partial charge in [0.1, 0.15) is 0 Å². The highest BCUT2D eigenvalue weighted by atomic mass is 16.5. The maximum Gasteiger partial charge on any atom is 0.340 e. The minimum atomic E-state index is -0.823. The number of ether oxygens (including phenoxy) is 1. The Bertz CT molecular complexity index is 292. The van der Waals surface area contributed by atoms with E-state index in [1.165, 1.54) is 14.0 Å². The highest BCUT2D eigenvalue weighted by Crippen LogP contribution is 2.12. The van der Waals surface area contributed by atoms with E-state index in [4.69, 9.17) is 0 Å². The van der Waals surface area contributed by atoms with E-state index in [0.29, 0.717) is 6.42 Å². The minimum absolute atomic E-state index is 0.244. The van der Waals surface area contributed by atoms with Crippen LogP contribution in [0.5, 0.6) is 0 Å². The monoisotopic (exact) mass is 241 g/mol. The Kier molecular flexibility index (Phi) is 8.11. The van der Waals surface area contributed by atoms with Gasteiger partial charge in [-0.2, -0.15) is 0 Å². The second-order valence-corrected chi connectivity index (χ2v) is 4.01. The fraction of sp³-hybridized carbons (Fsp3) is 0.692. The molecular weight excluding hydrogens is 220 g/mol. The molecule has 17 heavy (non-hydrogen) atoms. The standard InChI is InChI=1S/C13H22O4/c1-4-5-6-7-8-9-11(15)12(10(2)14)13(16)17-3/h15H,4-9H2,1-3H3/p-1. The molecule has 0 aromatic heterocycles. The van der Waals surface area contributed by atoms with Gasteiger partial charge in [-0.3, -0.25) is 4.79 Å². The second-order valence-electron chi connectivity index (χ2n) is 4.01. The molecule has 0 unspecified atom stereocenters. The number of carbonyl (C=O) groups excluding carboxylic acids is 2. The zero-order valence-electron chi connectivity index (χ0n) is 10.9. The largest absolute Gasteiger partial charge is 0.875 e. The zero-order valence-corrected chi connectivity index (χ0v) is 10.9. The van der Waals surface area contributed by atoms with Gasteiger partial charge in [0, 0.05) is 0 Å². The first-order valence-electron chi connectivity index (χ1n) is 6.04. The molecule has 0 saturated carbocycles. The Morgan fingerprint density at radius 2 is 1.71 bits per heavy atom. The number of unbranched alkanes of at least 4 members (excludes halogenated alkanes) is 4. The average molecular weight is 241 g/mol. The van der Waals surface area contributed by atoms with Crippen molar-refractivity contribution in [2.45, 2.75) is 52.4 Å². The molecule has 0 saturated heterocycles. The van der Waals surface area contributed by atoms with Crippen LogP contribution in [0.15, 0.2) is 11.3 Å². The lowest BCUT2D eigenvalue weighted by Gasteiger charge is -2.15. The zero-order chi connectivity index (χ0) is 13.3. The van der Waals surface area contributed by atoms with E-state index in [0.717, 1.165) is 25.7 Å². The lowest BCUT2D eigenvalue weighted by molar-refractivity contribution is -0.308. The number of methoxy groups -OCH3 is 1. The predicted molar refractivity (Wildman–Crippen MR) is 63.1 cm³/mol. The minimum Gasteiger partial charge on any atom is -0.875 e. The van der Waals surface area contributed by atoms with Crippen molar-refractivity contribution in [1.82, 2.24) is 0 Å². The first kappa shape index (κ1) is 15.7. The third-order valence-electron chi connectivity index (χ3n) is 2.53. The number of carbonyl (C=O) groups is 2. The summed E-state index contributed by atoms with van der Waals surface area (Å²) in [4.78, 5) is 22.4. The fourth-order valence-corrected chi connectivity index (χ4v) is 1.57. The third-order valence-corrected chi connectivity index (χ3v) is 2.53.